The summed E-state index contributed by atoms with van der Waals surface area (Å²) in [4.78, 5) is 4.42. The van der Waals surface area contributed by atoms with Crippen molar-refractivity contribution in [3.8, 4) is 5.75 Å². The lowest BCUT2D eigenvalue weighted by Gasteiger charge is -2.14. The van der Waals surface area contributed by atoms with E-state index >= 15 is 0 Å². The van der Waals surface area contributed by atoms with Gasteiger partial charge in [-0.15, -0.1) is 0 Å². The highest BCUT2D eigenvalue weighted by Crippen LogP contribution is 2.26. The van der Waals surface area contributed by atoms with Crippen molar-refractivity contribution in [1.82, 2.24) is 9.55 Å². The molecule has 1 aromatic heterocycles. The SMILES string of the molecule is CCO[C@@H](C)c1nccn1CCc1ccc2c(c1)CCO2. The maximum absolute atomic E-state index is 5.64. The molecule has 0 radical (unpaired) electrons. The standard InChI is InChI=1S/C17H22N2O2/c1-3-20-13(2)17-18-8-10-19(17)9-6-14-4-5-16-15(12-14)7-11-21-16/h4-5,8,10,12-13H,3,6-7,9,11H2,1-2H3/t13-/m0/s1. The Morgan fingerprint density at radius 2 is 2.33 bits per heavy atom. The first-order valence-corrected chi connectivity index (χ1v) is 7.65. The number of rotatable bonds is 6. The van der Waals surface area contributed by atoms with E-state index in [0.717, 1.165) is 37.6 Å². The summed E-state index contributed by atoms with van der Waals surface area (Å²) in [6, 6.07) is 6.52. The molecule has 0 spiro atoms. The van der Waals surface area contributed by atoms with Gasteiger partial charge in [0.05, 0.1) is 6.61 Å². The first-order chi connectivity index (χ1) is 10.3. The minimum absolute atomic E-state index is 0.0402. The van der Waals surface area contributed by atoms with E-state index in [-0.39, 0.29) is 6.10 Å². The summed E-state index contributed by atoms with van der Waals surface area (Å²) in [5.74, 6) is 2.05. The van der Waals surface area contributed by atoms with E-state index in [1.165, 1.54) is 11.1 Å². The van der Waals surface area contributed by atoms with Gasteiger partial charge in [-0.25, -0.2) is 4.98 Å². The molecule has 0 saturated heterocycles. The van der Waals surface area contributed by atoms with Gasteiger partial charge in [0.2, 0.25) is 0 Å². The van der Waals surface area contributed by atoms with E-state index in [2.05, 4.69) is 34.7 Å². The van der Waals surface area contributed by atoms with E-state index in [1.807, 2.05) is 19.3 Å². The lowest BCUT2D eigenvalue weighted by atomic mass is 10.1. The molecule has 1 aliphatic heterocycles. The first kappa shape index (κ1) is 14.1. The van der Waals surface area contributed by atoms with Crippen molar-refractivity contribution in [1.29, 1.82) is 0 Å². The van der Waals surface area contributed by atoms with Crippen molar-refractivity contribution in [3.63, 3.8) is 0 Å². The number of hydrogen-bond acceptors (Lipinski definition) is 3. The van der Waals surface area contributed by atoms with Crippen LogP contribution < -0.4 is 4.74 Å². The van der Waals surface area contributed by atoms with E-state index in [0.29, 0.717) is 6.61 Å². The predicted octanol–water partition coefficient (Wildman–Crippen LogP) is 3.16. The van der Waals surface area contributed by atoms with E-state index in [1.54, 1.807) is 0 Å². The van der Waals surface area contributed by atoms with Crippen LogP contribution in [-0.2, 0) is 24.1 Å². The molecule has 2 heterocycles. The second-order valence-corrected chi connectivity index (χ2v) is 5.37. The highest BCUT2D eigenvalue weighted by atomic mass is 16.5. The van der Waals surface area contributed by atoms with Gasteiger partial charge in [0, 0.05) is 32.0 Å². The molecular weight excluding hydrogens is 264 g/mol. The minimum Gasteiger partial charge on any atom is -0.493 e. The molecule has 0 amide bonds. The molecule has 0 fully saturated rings. The largest absolute Gasteiger partial charge is 0.493 e. The van der Waals surface area contributed by atoms with Gasteiger partial charge >= 0.3 is 0 Å². The molecule has 1 atom stereocenters. The second kappa shape index (κ2) is 6.31. The van der Waals surface area contributed by atoms with Gasteiger partial charge in [-0.05, 0) is 37.5 Å². The van der Waals surface area contributed by atoms with Crippen LogP contribution in [0, 0.1) is 0 Å². The number of imidazole rings is 1. The van der Waals surface area contributed by atoms with Crippen molar-refractivity contribution in [3.05, 3.63) is 47.5 Å². The van der Waals surface area contributed by atoms with Crippen LogP contribution >= 0.6 is 0 Å². The summed E-state index contributed by atoms with van der Waals surface area (Å²) < 4.78 is 13.4. The Labute approximate surface area is 125 Å². The van der Waals surface area contributed by atoms with Crippen LogP contribution in [0.5, 0.6) is 5.75 Å². The van der Waals surface area contributed by atoms with Gasteiger partial charge in [-0.3, -0.25) is 0 Å². The number of ether oxygens (including phenoxy) is 2. The molecule has 4 heteroatoms. The van der Waals surface area contributed by atoms with E-state index in [9.17, 15) is 0 Å². The molecule has 0 saturated carbocycles. The highest BCUT2D eigenvalue weighted by molar-refractivity contribution is 5.39. The molecule has 1 aliphatic rings. The number of aryl methyl sites for hydroxylation is 2. The fourth-order valence-corrected chi connectivity index (χ4v) is 2.84. The van der Waals surface area contributed by atoms with Crippen LogP contribution in [0.2, 0.25) is 0 Å². The third-order valence-electron chi connectivity index (χ3n) is 3.92. The van der Waals surface area contributed by atoms with Gasteiger partial charge in [0.1, 0.15) is 17.7 Å². The average Bonchev–Trinajstić information content (AvgIpc) is 3.13. The Morgan fingerprint density at radius 1 is 1.43 bits per heavy atom. The summed E-state index contributed by atoms with van der Waals surface area (Å²) in [6.45, 7) is 6.51. The monoisotopic (exact) mass is 286 g/mol. The Bertz CT molecular complexity index is 607. The van der Waals surface area contributed by atoms with Crippen LogP contribution in [0.3, 0.4) is 0 Å². The van der Waals surface area contributed by atoms with Gasteiger partial charge in [0.25, 0.3) is 0 Å². The van der Waals surface area contributed by atoms with Crippen molar-refractivity contribution >= 4 is 0 Å². The normalized spacial score (nSPS) is 14.8. The topological polar surface area (TPSA) is 36.3 Å². The average molecular weight is 286 g/mol. The molecule has 21 heavy (non-hydrogen) atoms. The summed E-state index contributed by atoms with van der Waals surface area (Å²) in [5.41, 5.74) is 2.68. The Hall–Kier alpha value is -1.81. The zero-order valence-electron chi connectivity index (χ0n) is 12.7. The molecule has 3 rings (SSSR count). The predicted molar refractivity (Wildman–Crippen MR) is 81.6 cm³/mol. The summed E-state index contributed by atoms with van der Waals surface area (Å²) in [5, 5.41) is 0. The highest BCUT2D eigenvalue weighted by Gasteiger charge is 2.14. The number of benzene rings is 1. The van der Waals surface area contributed by atoms with Gasteiger partial charge in [0.15, 0.2) is 0 Å². The van der Waals surface area contributed by atoms with Gasteiger partial charge < -0.3 is 14.0 Å². The van der Waals surface area contributed by atoms with Crippen LogP contribution in [-0.4, -0.2) is 22.8 Å². The molecule has 0 N–H and O–H groups in total. The minimum atomic E-state index is 0.0402. The summed E-state index contributed by atoms with van der Waals surface area (Å²) in [7, 11) is 0. The molecule has 1 aromatic carbocycles. The number of nitrogens with zero attached hydrogens (tertiary/aromatic N) is 2. The van der Waals surface area contributed by atoms with Gasteiger partial charge in [-0.2, -0.15) is 0 Å². The van der Waals surface area contributed by atoms with Crippen LogP contribution in [0.4, 0.5) is 0 Å². The van der Waals surface area contributed by atoms with Crippen LogP contribution in [0.15, 0.2) is 30.6 Å². The Kier molecular flexibility index (Phi) is 4.25. The quantitative estimate of drug-likeness (QED) is 0.818. The lowest BCUT2D eigenvalue weighted by Crippen LogP contribution is -2.10. The fourth-order valence-electron chi connectivity index (χ4n) is 2.84. The molecule has 0 bridgehead atoms. The van der Waals surface area contributed by atoms with Crippen molar-refractivity contribution < 1.29 is 9.47 Å². The number of fused-ring (bicyclic) bond motifs is 1. The third kappa shape index (κ3) is 3.10. The Morgan fingerprint density at radius 3 is 3.19 bits per heavy atom. The zero-order chi connectivity index (χ0) is 14.7. The van der Waals surface area contributed by atoms with Crippen molar-refractivity contribution in [2.24, 2.45) is 0 Å². The molecular formula is C17H22N2O2. The maximum atomic E-state index is 5.64. The van der Waals surface area contributed by atoms with Crippen molar-refractivity contribution in [2.75, 3.05) is 13.2 Å². The maximum Gasteiger partial charge on any atom is 0.137 e. The van der Waals surface area contributed by atoms with Crippen LogP contribution in [0.25, 0.3) is 0 Å². The first-order valence-electron chi connectivity index (χ1n) is 7.65. The smallest absolute Gasteiger partial charge is 0.137 e. The third-order valence-corrected chi connectivity index (χ3v) is 3.92. The molecule has 0 unspecified atom stereocenters. The molecule has 112 valence electrons. The fraction of sp³-hybridized carbons (Fsp3) is 0.471. The number of hydrogen-bond donors (Lipinski definition) is 0. The Balaban J connectivity index is 1.67. The molecule has 0 aliphatic carbocycles. The van der Waals surface area contributed by atoms with Crippen LogP contribution in [0.1, 0.15) is 36.9 Å². The lowest BCUT2D eigenvalue weighted by molar-refractivity contribution is 0.0674. The van der Waals surface area contributed by atoms with E-state index < -0.39 is 0 Å². The number of aromatic nitrogens is 2. The molecule has 2 aromatic rings. The second-order valence-electron chi connectivity index (χ2n) is 5.37. The van der Waals surface area contributed by atoms with E-state index in [4.69, 9.17) is 9.47 Å². The zero-order valence-corrected chi connectivity index (χ0v) is 12.7. The van der Waals surface area contributed by atoms with Crippen molar-refractivity contribution in [2.45, 2.75) is 39.3 Å². The molecule has 4 nitrogen and oxygen atoms in total. The summed E-state index contributed by atoms with van der Waals surface area (Å²) >= 11 is 0. The summed E-state index contributed by atoms with van der Waals surface area (Å²) in [6.07, 6.45) is 5.94. The van der Waals surface area contributed by atoms with Gasteiger partial charge in [-0.1, -0.05) is 12.1 Å².